The van der Waals surface area contributed by atoms with Gasteiger partial charge in [0.15, 0.2) is 0 Å². The summed E-state index contributed by atoms with van der Waals surface area (Å²) in [5.74, 6) is 0.876. The highest BCUT2D eigenvalue weighted by Gasteiger charge is 2.10. The summed E-state index contributed by atoms with van der Waals surface area (Å²) in [7, 11) is 0. The fourth-order valence-corrected chi connectivity index (χ4v) is 1.85. The number of imidazole rings is 1. The van der Waals surface area contributed by atoms with E-state index in [0.717, 1.165) is 16.9 Å². The normalized spacial score (nSPS) is 10.4. The summed E-state index contributed by atoms with van der Waals surface area (Å²) in [5.41, 5.74) is 1.86. The molecule has 0 atom stereocenters. The molecule has 2 aromatic rings. The fraction of sp³-hybridized carbons (Fsp3) is 0.308. The summed E-state index contributed by atoms with van der Waals surface area (Å²) in [5, 5.41) is 8.78. The van der Waals surface area contributed by atoms with Gasteiger partial charge in [-0.2, -0.15) is 5.26 Å². The Morgan fingerprint density at radius 3 is 2.94 bits per heavy atom. The number of hydrogen-bond donors (Lipinski definition) is 0. The topological polar surface area (TPSA) is 58.7 Å². The van der Waals surface area contributed by atoms with Crippen molar-refractivity contribution in [3.63, 3.8) is 0 Å². The van der Waals surface area contributed by atoms with Gasteiger partial charge in [-0.1, -0.05) is 12.1 Å². The molecule has 0 aliphatic heterocycles. The zero-order valence-electron chi connectivity index (χ0n) is 9.68. The van der Waals surface area contributed by atoms with Gasteiger partial charge in [0.05, 0.1) is 23.5 Å². The number of rotatable bonds is 4. The molecule has 86 valence electrons. The average molecular weight is 227 g/mol. The second kappa shape index (κ2) is 4.79. The zero-order chi connectivity index (χ0) is 12.3. The van der Waals surface area contributed by atoms with E-state index in [1.54, 1.807) is 6.92 Å². The Morgan fingerprint density at radius 1 is 1.47 bits per heavy atom. The minimum absolute atomic E-state index is 0.144. The fourth-order valence-electron chi connectivity index (χ4n) is 1.85. The minimum Gasteiger partial charge on any atom is -0.327 e. The van der Waals surface area contributed by atoms with Crippen molar-refractivity contribution in [1.82, 2.24) is 9.55 Å². The molecule has 0 bridgehead atoms. The first-order chi connectivity index (χ1) is 8.22. The van der Waals surface area contributed by atoms with E-state index >= 15 is 0 Å². The first kappa shape index (κ1) is 11.3. The SMILES string of the molecule is CC(=O)CCn1c(CC#N)nc2ccccc21. The number of para-hydroxylation sites is 2. The lowest BCUT2D eigenvalue weighted by atomic mass is 10.3. The van der Waals surface area contributed by atoms with E-state index in [1.807, 2.05) is 28.8 Å². The van der Waals surface area contributed by atoms with Crippen molar-refractivity contribution in [2.75, 3.05) is 0 Å². The largest absolute Gasteiger partial charge is 0.327 e. The molecule has 0 saturated carbocycles. The van der Waals surface area contributed by atoms with E-state index in [9.17, 15) is 4.79 Å². The molecule has 0 amide bonds. The van der Waals surface area contributed by atoms with Gasteiger partial charge in [-0.25, -0.2) is 4.98 Å². The van der Waals surface area contributed by atoms with Crippen LogP contribution in [0.15, 0.2) is 24.3 Å². The molecule has 1 aromatic carbocycles. The summed E-state index contributed by atoms with van der Waals surface area (Å²) in [6, 6.07) is 9.84. The number of Topliss-reactive ketones (excluding diaryl/α,β-unsaturated/α-hetero) is 1. The number of hydrogen-bond acceptors (Lipinski definition) is 3. The van der Waals surface area contributed by atoms with Crippen LogP contribution in [-0.2, 0) is 17.8 Å². The Balaban J connectivity index is 2.44. The van der Waals surface area contributed by atoms with Crippen LogP contribution in [0.2, 0.25) is 0 Å². The molecule has 1 heterocycles. The number of carbonyl (C=O) groups excluding carboxylic acids is 1. The Kier molecular flexibility index (Phi) is 3.20. The molecule has 0 radical (unpaired) electrons. The smallest absolute Gasteiger partial charge is 0.131 e. The second-order valence-corrected chi connectivity index (χ2v) is 3.96. The van der Waals surface area contributed by atoms with Crippen molar-refractivity contribution < 1.29 is 4.79 Å². The van der Waals surface area contributed by atoms with E-state index < -0.39 is 0 Å². The van der Waals surface area contributed by atoms with Crippen LogP contribution in [-0.4, -0.2) is 15.3 Å². The highest BCUT2D eigenvalue weighted by molar-refractivity contribution is 5.77. The number of fused-ring (bicyclic) bond motifs is 1. The molecule has 17 heavy (non-hydrogen) atoms. The third kappa shape index (κ3) is 2.34. The number of benzene rings is 1. The Bertz CT molecular complexity index is 592. The molecule has 0 saturated heterocycles. The summed E-state index contributed by atoms with van der Waals surface area (Å²) < 4.78 is 1.96. The Morgan fingerprint density at radius 2 is 2.24 bits per heavy atom. The van der Waals surface area contributed by atoms with Gasteiger partial charge in [0, 0.05) is 13.0 Å². The van der Waals surface area contributed by atoms with E-state index in [-0.39, 0.29) is 12.2 Å². The summed E-state index contributed by atoms with van der Waals surface area (Å²) in [6.07, 6.45) is 0.741. The van der Waals surface area contributed by atoms with Crippen LogP contribution >= 0.6 is 0 Å². The standard InChI is InChI=1S/C13H13N3O/c1-10(17)7-9-16-12-5-3-2-4-11(12)15-13(16)6-8-14/h2-5H,6-7,9H2,1H3. The number of carbonyl (C=O) groups is 1. The second-order valence-electron chi connectivity index (χ2n) is 3.96. The maximum atomic E-state index is 11.0. The zero-order valence-corrected chi connectivity index (χ0v) is 9.68. The summed E-state index contributed by atoms with van der Waals surface area (Å²) >= 11 is 0. The summed E-state index contributed by atoms with van der Waals surface area (Å²) in [4.78, 5) is 15.5. The first-order valence-corrected chi connectivity index (χ1v) is 5.53. The predicted molar refractivity (Wildman–Crippen MR) is 64.3 cm³/mol. The number of nitriles is 1. The van der Waals surface area contributed by atoms with E-state index in [1.165, 1.54) is 0 Å². The molecule has 0 fully saturated rings. The van der Waals surface area contributed by atoms with Gasteiger partial charge in [0.1, 0.15) is 11.6 Å². The van der Waals surface area contributed by atoms with E-state index in [0.29, 0.717) is 13.0 Å². The van der Waals surface area contributed by atoms with Crippen molar-refractivity contribution >= 4 is 16.8 Å². The van der Waals surface area contributed by atoms with Crippen LogP contribution in [0.25, 0.3) is 11.0 Å². The van der Waals surface area contributed by atoms with Crippen LogP contribution in [0.1, 0.15) is 19.2 Å². The van der Waals surface area contributed by atoms with Gasteiger partial charge in [-0.3, -0.25) is 4.79 Å². The molecule has 0 unspecified atom stereocenters. The number of ketones is 1. The van der Waals surface area contributed by atoms with Crippen molar-refractivity contribution in [3.05, 3.63) is 30.1 Å². The maximum absolute atomic E-state index is 11.0. The molecule has 1 aromatic heterocycles. The van der Waals surface area contributed by atoms with Gasteiger partial charge < -0.3 is 4.57 Å². The third-order valence-electron chi connectivity index (χ3n) is 2.66. The molecule has 0 N–H and O–H groups in total. The van der Waals surface area contributed by atoms with Crippen molar-refractivity contribution in [1.29, 1.82) is 5.26 Å². The maximum Gasteiger partial charge on any atom is 0.131 e. The molecule has 0 spiro atoms. The molecular weight excluding hydrogens is 214 g/mol. The lowest BCUT2D eigenvalue weighted by Gasteiger charge is -2.05. The molecule has 2 rings (SSSR count). The van der Waals surface area contributed by atoms with Gasteiger partial charge in [0.25, 0.3) is 0 Å². The summed E-state index contributed by atoms with van der Waals surface area (Å²) in [6.45, 7) is 2.16. The number of aromatic nitrogens is 2. The first-order valence-electron chi connectivity index (χ1n) is 5.53. The van der Waals surface area contributed by atoms with Crippen LogP contribution in [0.4, 0.5) is 0 Å². The average Bonchev–Trinajstić information content (AvgIpc) is 2.64. The van der Waals surface area contributed by atoms with Gasteiger partial charge in [-0.05, 0) is 19.1 Å². The van der Waals surface area contributed by atoms with Crippen LogP contribution in [0, 0.1) is 11.3 Å². The van der Waals surface area contributed by atoms with Crippen molar-refractivity contribution in [3.8, 4) is 6.07 Å². The Hall–Kier alpha value is -2.15. The molecule has 4 heteroatoms. The highest BCUT2D eigenvalue weighted by atomic mass is 16.1. The van der Waals surface area contributed by atoms with E-state index in [4.69, 9.17) is 5.26 Å². The predicted octanol–water partition coefficient (Wildman–Crippen LogP) is 2.08. The Labute approximate surface area is 99.5 Å². The van der Waals surface area contributed by atoms with Crippen LogP contribution in [0.3, 0.4) is 0 Å². The molecular formula is C13H13N3O. The van der Waals surface area contributed by atoms with Crippen molar-refractivity contribution in [2.45, 2.75) is 26.3 Å². The molecule has 0 aliphatic rings. The van der Waals surface area contributed by atoms with Gasteiger partial charge >= 0.3 is 0 Å². The van der Waals surface area contributed by atoms with Gasteiger partial charge in [-0.15, -0.1) is 0 Å². The van der Waals surface area contributed by atoms with Crippen LogP contribution < -0.4 is 0 Å². The van der Waals surface area contributed by atoms with Crippen LogP contribution in [0.5, 0.6) is 0 Å². The third-order valence-corrected chi connectivity index (χ3v) is 2.66. The number of aryl methyl sites for hydroxylation is 1. The highest BCUT2D eigenvalue weighted by Crippen LogP contribution is 2.16. The lowest BCUT2D eigenvalue weighted by Crippen LogP contribution is -2.06. The quantitative estimate of drug-likeness (QED) is 0.803. The molecule has 0 aliphatic carbocycles. The van der Waals surface area contributed by atoms with Crippen molar-refractivity contribution in [2.24, 2.45) is 0 Å². The lowest BCUT2D eigenvalue weighted by molar-refractivity contribution is -0.117. The van der Waals surface area contributed by atoms with Gasteiger partial charge in [0.2, 0.25) is 0 Å². The monoisotopic (exact) mass is 227 g/mol. The molecule has 4 nitrogen and oxygen atoms in total. The number of nitrogens with zero attached hydrogens (tertiary/aromatic N) is 3. The van der Waals surface area contributed by atoms with E-state index in [2.05, 4.69) is 11.1 Å². The minimum atomic E-state index is 0.144.